The summed E-state index contributed by atoms with van der Waals surface area (Å²) in [6.07, 6.45) is 6.59. The number of rotatable bonds is 25. The monoisotopic (exact) mass is 1030 g/mol. The minimum atomic E-state index is -1.39. The molecule has 8 rings (SSSR count). The van der Waals surface area contributed by atoms with Crippen molar-refractivity contribution in [3.8, 4) is 0 Å². The fraction of sp³-hybridized carbons (Fsp3) is 0.250. The summed E-state index contributed by atoms with van der Waals surface area (Å²) < 4.78 is 0. The van der Waals surface area contributed by atoms with E-state index in [0.29, 0.717) is 22.4 Å². The number of nitrogens with zero attached hydrogens (tertiary/aromatic N) is 1. The molecule has 8 aromatic rings. The molecule has 0 radical (unpaired) electrons. The van der Waals surface area contributed by atoms with E-state index in [1.165, 1.54) is 6.33 Å². The predicted octanol–water partition coefficient (Wildman–Crippen LogP) is 3.14. The van der Waals surface area contributed by atoms with E-state index in [0.717, 1.165) is 38.1 Å². The second-order valence-electron chi connectivity index (χ2n) is 18.7. The number of benzene rings is 5. The number of aromatic nitrogens is 4. The largest absolute Gasteiger partial charge is 0.480 e. The van der Waals surface area contributed by atoms with Crippen molar-refractivity contribution < 1.29 is 33.9 Å². The maximum Gasteiger partial charge on any atom is 0.326 e. The molecule has 0 unspecified atom stereocenters. The fourth-order valence-corrected chi connectivity index (χ4v) is 9.21. The molecule has 0 bridgehead atoms. The van der Waals surface area contributed by atoms with E-state index in [4.69, 9.17) is 16.9 Å². The average Bonchev–Trinajstić information content (AvgIpc) is 4.20. The molecule has 3 aromatic heterocycles. The number of carboxylic acid groups (broad SMARTS) is 1. The first-order valence-electron chi connectivity index (χ1n) is 24.9. The van der Waals surface area contributed by atoms with E-state index < -0.39 is 71.8 Å². The van der Waals surface area contributed by atoms with Gasteiger partial charge in [0.2, 0.25) is 29.5 Å². The zero-order valence-electron chi connectivity index (χ0n) is 41.5. The third-order valence-electron chi connectivity index (χ3n) is 13.2. The number of hydrogen-bond acceptors (Lipinski definition) is 9. The smallest absolute Gasteiger partial charge is 0.326 e. The predicted molar refractivity (Wildman–Crippen MR) is 289 cm³/mol. The van der Waals surface area contributed by atoms with Crippen molar-refractivity contribution in [3.63, 3.8) is 0 Å². The lowest BCUT2D eigenvalue weighted by molar-refractivity contribution is -0.142. The number of H-pyrrole nitrogens is 3. The Balaban J connectivity index is 1.04. The van der Waals surface area contributed by atoms with Gasteiger partial charge in [0.1, 0.15) is 30.2 Å². The number of carbonyl (C=O) groups is 6. The third kappa shape index (κ3) is 14.0. The van der Waals surface area contributed by atoms with Gasteiger partial charge in [-0.1, -0.05) is 109 Å². The summed E-state index contributed by atoms with van der Waals surface area (Å²) >= 11 is 0. The highest BCUT2D eigenvalue weighted by molar-refractivity contribution is 5.97. The molecule has 5 amide bonds. The fourth-order valence-electron chi connectivity index (χ4n) is 9.21. The number of nitrogens with two attached hydrogens (primary N) is 2. The molecule has 6 atom stereocenters. The summed E-state index contributed by atoms with van der Waals surface area (Å²) in [5, 5.41) is 38.2. The molecule has 0 aliphatic heterocycles. The Morgan fingerprint density at radius 1 is 0.553 bits per heavy atom. The number of nitrogens with one attached hydrogen (secondary N) is 10. The quantitative estimate of drug-likeness (QED) is 0.0224. The van der Waals surface area contributed by atoms with Crippen LogP contribution in [0.3, 0.4) is 0 Å². The Morgan fingerprint density at radius 3 is 1.70 bits per heavy atom. The lowest BCUT2D eigenvalue weighted by atomic mass is 9.99. The highest BCUT2D eigenvalue weighted by Crippen LogP contribution is 2.22. The second-order valence-corrected chi connectivity index (χ2v) is 18.7. The number of aromatic amines is 3. The summed E-state index contributed by atoms with van der Waals surface area (Å²) in [5.41, 5.74) is 17.0. The van der Waals surface area contributed by atoms with Gasteiger partial charge >= 0.3 is 5.97 Å². The molecular formula is C56H61N13O7. The number of fused-ring (bicyclic) bond motifs is 3. The van der Waals surface area contributed by atoms with Crippen molar-refractivity contribution in [2.45, 2.75) is 81.2 Å². The zero-order valence-corrected chi connectivity index (χ0v) is 41.5. The van der Waals surface area contributed by atoms with E-state index in [1.807, 2.05) is 91.0 Å². The minimum absolute atomic E-state index is 0.0291. The molecule has 0 spiro atoms. The number of hydrogen-bond donors (Lipinski definition) is 13. The van der Waals surface area contributed by atoms with Gasteiger partial charge in [0.15, 0.2) is 5.96 Å². The molecule has 0 saturated heterocycles. The van der Waals surface area contributed by atoms with E-state index in [9.17, 15) is 33.9 Å². The van der Waals surface area contributed by atoms with Crippen molar-refractivity contribution in [1.82, 2.24) is 51.8 Å². The molecule has 20 heteroatoms. The molecule has 0 saturated carbocycles. The molecule has 20 nitrogen and oxygen atoms in total. The van der Waals surface area contributed by atoms with Crippen molar-refractivity contribution in [2.75, 3.05) is 6.54 Å². The van der Waals surface area contributed by atoms with Crippen LogP contribution in [-0.2, 0) is 60.9 Å². The summed E-state index contributed by atoms with van der Waals surface area (Å²) in [7, 11) is 0. The highest BCUT2D eigenvalue weighted by atomic mass is 16.4. The molecule has 392 valence electrons. The van der Waals surface area contributed by atoms with Crippen LogP contribution in [-0.4, -0.2) is 109 Å². The van der Waals surface area contributed by atoms with Crippen LogP contribution in [0.2, 0.25) is 0 Å². The molecule has 0 aliphatic carbocycles. The molecule has 15 N–H and O–H groups in total. The molecule has 76 heavy (non-hydrogen) atoms. The van der Waals surface area contributed by atoms with Gasteiger partial charge in [-0.25, -0.2) is 9.78 Å². The van der Waals surface area contributed by atoms with Crippen molar-refractivity contribution in [3.05, 3.63) is 174 Å². The van der Waals surface area contributed by atoms with Crippen LogP contribution < -0.4 is 43.4 Å². The standard InChI is InChI=1S/C56H61N13O7/c57-42(26-37-29-62-43-17-8-6-15-40(37)43)50(70)66-48(28-39-31-60-32-64-39)54(74)68-46(24-33-11-2-1-3-12-33)52(72)65-45(19-10-22-61-56(58)59)51(71)67-47(25-34-20-21-35-13-4-5-14-36(35)23-34)53(73)69-49(55(75)76)27-38-30-63-44-18-9-7-16-41(38)44/h1-9,11-18,20-21,23,29-32,42,45-49,62-63H,10,19,22,24-28,57H2,(H,60,64)(H,65,72)(H,66,70)(H,67,71)(H,68,74)(H,69,73)(H,75,76)(H4,58,59,61)/t42-,45+,46-,47+,48+,49-/m1/s1. The van der Waals surface area contributed by atoms with Crippen LogP contribution in [0, 0.1) is 5.41 Å². The maximum atomic E-state index is 14.7. The number of amides is 5. The summed E-state index contributed by atoms with van der Waals surface area (Å²) in [4.78, 5) is 98.5. The highest BCUT2D eigenvalue weighted by Gasteiger charge is 2.34. The van der Waals surface area contributed by atoms with Gasteiger partial charge in [-0.3, -0.25) is 29.4 Å². The summed E-state index contributed by atoms with van der Waals surface area (Å²) in [6.45, 7) is 0.144. The van der Waals surface area contributed by atoms with Gasteiger partial charge < -0.3 is 63.4 Å². The van der Waals surface area contributed by atoms with Crippen LogP contribution in [0.1, 0.15) is 40.8 Å². The van der Waals surface area contributed by atoms with Crippen molar-refractivity contribution in [2.24, 2.45) is 11.5 Å². The third-order valence-corrected chi connectivity index (χ3v) is 13.2. The first-order chi connectivity index (χ1) is 36.8. The lowest BCUT2D eigenvalue weighted by Crippen LogP contribution is -2.60. The number of aliphatic carboxylic acids is 1. The number of carboxylic acids is 1. The maximum absolute atomic E-state index is 14.7. The SMILES string of the molecule is N=C(N)NCCC[C@H](NC(=O)[C@@H](Cc1ccccc1)NC(=O)[C@H](Cc1c[nH]cn1)NC(=O)[C@H](N)Cc1c[nH]c2ccccc12)C(=O)N[C@@H](Cc1ccc2ccccc2c1)C(=O)N[C@H](Cc1c[nH]c2ccccc12)C(=O)O. The molecule has 0 fully saturated rings. The van der Waals surface area contributed by atoms with E-state index >= 15 is 0 Å². The number of guanidine groups is 1. The van der Waals surface area contributed by atoms with Gasteiger partial charge in [-0.15, -0.1) is 0 Å². The van der Waals surface area contributed by atoms with Crippen LogP contribution in [0.4, 0.5) is 0 Å². The second kappa shape index (κ2) is 25.1. The molecule has 0 aliphatic rings. The first kappa shape index (κ1) is 53.0. The van der Waals surface area contributed by atoms with Gasteiger partial charge in [0.05, 0.1) is 18.1 Å². The van der Waals surface area contributed by atoms with Crippen LogP contribution >= 0.6 is 0 Å². The van der Waals surface area contributed by atoms with E-state index in [-0.39, 0.29) is 57.5 Å². The van der Waals surface area contributed by atoms with Crippen LogP contribution in [0.15, 0.2) is 146 Å². The van der Waals surface area contributed by atoms with Gasteiger partial charge in [0.25, 0.3) is 0 Å². The van der Waals surface area contributed by atoms with Crippen molar-refractivity contribution >= 4 is 74.0 Å². The number of imidazole rings is 1. The topological polar surface area (TPSA) is 331 Å². The van der Waals surface area contributed by atoms with E-state index in [1.54, 1.807) is 48.9 Å². The van der Waals surface area contributed by atoms with Gasteiger partial charge in [0, 0.05) is 72.6 Å². The Hall–Kier alpha value is -9.30. The Morgan fingerprint density at radius 2 is 1.08 bits per heavy atom. The van der Waals surface area contributed by atoms with Crippen LogP contribution in [0.25, 0.3) is 32.6 Å². The first-order valence-corrected chi connectivity index (χ1v) is 24.9. The number of para-hydroxylation sites is 2. The Labute approximate surface area is 437 Å². The summed E-state index contributed by atoms with van der Waals surface area (Å²) in [5.74, 6) is -5.27. The molecule has 3 heterocycles. The normalized spacial score (nSPS) is 13.6. The number of carbonyl (C=O) groups excluding carboxylic acids is 5. The van der Waals surface area contributed by atoms with Gasteiger partial charge in [-0.2, -0.15) is 0 Å². The molecular weight excluding hydrogens is 967 g/mol. The van der Waals surface area contributed by atoms with Gasteiger partial charge in [-0.05, 0) is 64.4 Å². The lowest BCUT2D eigenvalue weighted by Gasteiger charge is -2.27. The Kier molecular flexibility index (Phi) is 17.5. The summed E-state index contributed by atoms with van der Waals surface area (Å²) in [6, 6.07) is 29.4. The van der Waals surface area contributed by atoms with Crippen LogP contribution in [0.5, 0.6) is 0 Å². The van der Waals surface area contributed by atoms with E-state index in [2.05, 4.69) is 51.8 Å². The average molecular weight is 1030 g/mol. The zero-order chi connectivity index (χ0) is 53.6. The minimum Gasteiger partial charge on any atom is -0.480 e. The Bertz CT molecular complexity index is 3320. The van der Waals surface area contributed by atoms with Crippen molar-refractivity contribution in [1.29, 1.82) is 5.41 Å². The molecule has 5 aromatic carbocycles.